The van der Waals surface area contributed by atoms with Crippen molar-refractivity contribution in [1.29, 1.82) is 0 Å². The molecule has 0 unspecified atom stereocenters. The lowest BCUT2D eigenvalue weighted by Gasteiger charge is -2.22. The number of carbonyl (C=O) groups excluding carboxylic acids is 2. The van der Waals surface area contributed by atoms with Crippen LogP contribution >= 0.6 is 0 Å². The molecule has 0 spiro atoms. The lowest BCUT2D eigenvalue weighted by atomic mass is 10.1. The first-order valence-corrected chi connectivity index (χ1v) is 11.9. The van der Waals surface area contributed by atoms with Crippen LogP contribution < -0.4 is 10.2 Å². The van der Waals surface area contributed by atoms with Crippen LogP contribution in [0, 0.1) is 0 Å². The number of ether oxygens (including phenoxy) is 2. The first-order valence-electron chi connectivity index (χ1n) is 11.9. The van der Waals surface area contributed by atoms with Crippen molar-refractivity contribution in [3.05, 3.63) is 61.3 Å². The zero-order valence-electron chi connectivity index (χ0n) is 20.3. The molecule has 6 heteroatoms. The molecule has 1 aromatic rings. The Kier molecular flexibility index (Phi) is 15.1. The van der Waals surface area contributed by atoms with E-state index < -0.39 is 5.97 Å². The number of nitrogens with one attached hydrogen (secondary N) is 1. The zero-order valence-corrected chi connectivity index (χ0v) is 20.3. The van der Waals surface area contributed by atoms with E-state index >= 15 is 0 Å². The molecule has 0 fully saturated rings. The van der Waals surface area contributed by atoms with Crippen LogP contribution in [0.2, 0.25) is 0 Å². The number of carbonyl (C=O) groups is 2. The van der Waals surface area contributed by atoms with E-state index in [1.807, 2.05) is 37.3 Å². The first-order chi connectivity index (χ1) is 16.1. The van der Waals surface area contributed by atoms with Gasteiger partial charge in [-0.2, -0.15) is 0 Å². The number of allylic oxidation sites excluding steroid dienone is 3. The van der Waals surface area contributed by atoms with Crippen molar-refractivity contribution in [2.75, 3.05) is 36.6 Å². The number of esters is 1. The number of unbranched alkanes of at least 4 members (excludes halogenated alkanes) is 4. The maximum atomic E-state index is 13.1. The summed E-state index contributed by atoms with van der Waals surface area (Å²) in [6.07, 6.45) is 13.9. The summed E-state index contributed by atoms with van der Waals surface area (Å²) in [5, 5.41) is 3.38. The van der Waals surface area contributed by atoms with E-state index in [0.717, 1.165) is 57.2 Å². The van der Waals surface area contributed by atoms with E-state index in [1.54, 1.807) is 19.2 Å². The molecule has 182 valence electrons. The lowest BCUT2D eigenvalue weighted by molar-refractivity contribution is -0.122. The summed E-state index contributed by atoms with van der Waals surface area (Å²) in [6, 6.07) is 5.36. The summed E-state index contributed by atoms with van der Waals surface area (Å²) in [6.45, 7) is 12.7. The molecule has 0 saturated heterocycles. The van der Waals surface area contributed by atoms with Gasteiger partial charge in [0.15, 0.2) is 0 Å². The van der Waals surface area contributed by atoms with Crippen LogP contribution in [0.4, 0.5) is 11.4 Å². The van der Waals surface area contributed by atoms with Gasteiger partial charge in [-0.25, -0.2) is 4.79 Å². The molecule has 0 aliphatic rings. The fourth-order valence-electron chi connectivity index (χ4n) is 3.10. The van der Waals surface area contributed by atoms with Crippen molar-refractivity contribution < 1.29 is 19.1 Å². The normalized spacial score (nSPS) is 10.7. The van der Waals surface area contributed by atoms with Crippen molar-refractivity contribution >= 4 is 23.3 Å². The minimum atomic E-state index is -0.460. The van der Waals surface area contributed by atoms with E-state index in [0.29, 0.717) is 17.9 Å². The fraction of sp³-hybridized carbons (Fsp3) is 0.481. The molecule has 0 atom stereocenters. The third-order valence-electron chi connectivity index (χ3n) is 4.85. The number of hydrogen-bond donors (Lipinski definition) is 1. The van der Waals surface area contributed by atoms with Crippen molar-refractivity contribution in [2.45, 2.75) is 58.8 Å². The topological polar surface area (TPSA) is 67.9 Å². The van der Waals surface area contributed by atoms with E-state index in [-0.39, 0.29) is 19.1 Å². The highest BCUT2D eigenvalue weighted by Gasteiger charge is 2.22. The predicted octanol–water partition coefficient (Wildman–Crippen LogP) is 6.26. The van der Waals surface area contributed by atoms with Gasteiger partial charge < -0.3 is 14.8 Å². The molecule has 0 aliphatic carbocycles. The Morgan fingerprint density at radius 3 is 2.45 bits per heavy atom. The van der Waals surface area contributed by atoms with Gasteiger partial charge in [0.25, 0.3) is 5.91 Å². The Hall–Kier alpha value is -2.86. The number of benzene rings is 1. The summed E-state index contributed by atoms with van der Waals surface area (Å²) >= 11 is 0. The SMILES string of the molecule is C=CCCCCNc1ccc(C(=O)OCC)c(N(C=CCC)C(=O)COCCCCC=C)c1. The van der Waals surface area contributed by atoms with Gasteiger partial charge >= 0.3 is 5.97 Å². The van der Waals surface area contributed by atoms with Crippen LogP contribution in [0.3, 0.4) is 0 Å². The van der Waals surface area contributed by atoms with Crippen LogP contribution in [-0.2, 0) is 14.3 Å². The average Bonchev–Trinajstić information content (AvgIpc) is 2.81. The summed E-state index contributed by atoms with van der Waals surface area (Å²) in [5.41, 5.74) is 1.66. The van der Waals surface area contributed by atoms with Crippen LogP contribution in [-0.4, -0.2) is 38.2 Å². The Morgan fingerprint density at radius 1 is 1.06 bits per heavy atom. The smallest absolute Gasteiger partial charge is 0.340 e. The monoisotopic (exact) mass is 456 g/mol. The third kappa shape index (κ3) is 11.0. The highest BCUT2D eigenvalue weighted by Crippen LogP contribution is 2.27. The second-order valence-electron chi connectivity index (χ2n) is 7.56. The van der Waals surface area contributed by atoms with E-state index in [1.165, 1.54) is 4.90 Å². The molecule has 0 aromatic heterocycles. The number of rotatable bonds is 18. The van der Waals surface area contributed by atoms with Crippen LogP contribution in [0.15, 0.2) is 55.8 Å². The van der Waals surface area contributed by atoms with Crippen molar-refractivity contribution in [3.8, 4) is 0 Å². The maximum Gasteiger partial charge on any atom is 0.340 e. The molecular formula is C27H40N2O4. The minimum Gasteiger partial charge on any atom is -0.462 e. The molecular weight excluding hydrogens is 416 g/mol. The van der Waals surface area contributed by atoms with Gasteiger partial charge in [0, 0.05) is 25.0 Å². The number of nitrogens with zero attached hydrogens (tertiary/aromatic N) is 1. The number of anilines is 2. The van der Waals surface area contributed by atoms with Crippen molar-refractivity contribution in [1.82, 2.24) is 0 Å². The molecule has 0 heterocycles. The molecule has 0 bridgehead atoms. The predicted molar refractivity (Wildman–Crippen MR) is 137 cm³/mol. The van der Waals surface area contributed by atoms with Crippen LogP contribution in [0.5, 0.6) is 0 Å². The summed E-state index contributed by atoms with van der Waals surface area (Å²) in [5.74, 6) is -0.699. The molecule has 1 amide bonds. The first kappa shape index (κ1) is 28.2. The second kappa shape index (κ2) is 17.7. The molecule has 1 aromatic carbocycles. The molecule has 0 saturated carbocycles. The van der Waals surface area contributed by atoms with Crippen LogP contribution in [0.25, 0.3) is 0 Å². The largest absolute Gasteiger partial charge is 0.462 e. The Bertz CT molecular complexity index is 773. The van der Waals surface area contributed by atoms with Gasteiger partial charge in [-0.15, -0.1) is 13.2 Å². The lowest BCUT2D eigenvalue weighted by Crippen LogP contribution is -2.31. The van der Waals surface area contributed by atoms with Gasteiger partial charge in [0.05, 0.1) is 17.9 Å². The fourth-order valence-corrected chi connectivity index (χ4v) is 3.10. The molecule has 1 N–H and O–H groups in total. The minimum absolute atomic E-state index is 0.0659. The van der Waals surface area contributed by atoms with Gasteiger partial charge in [0.1, 0.15) is 6.61 Å². The Balaban J connectivity index is 3.06. The molecule has 33 heavy (non-hydrogen) atoms. The average molecular weight is 457 g/mol. The molecule has 0 radical (unpaired) electrons. The Morgan fingerprint density at radius 2 is 1.79 bits per heavy atom. The molecule has 0 aliphatic heterocycles. The van der Waals surface area contributed by atoms with Crippen molar-refractivity contribution in [2.24, 2.45) is 0 Å². The van der Waals surface area contributed by atoms with E-state index in [4.69, 9.17) is 9.47 Å². The summed E-state index contributed by atoms with van der Waals surface area (Å²) < 4.78 is 10.8. The Labute approximate surface area is 199 Å². The zero-order chi connectivity index (χ0) is 24.3. The van der Waals surface area contributed by atoms with E-state index in [9.17, 15) is 9.59 Å². The highest BCUT2D eigenvalue weighted by atomic mass is 16.5. The van der Waals surface area contributed by atoms with Gasteiger partial charge in [-0.1, -0.05) is 25.2 Å². The third-order valence-corrected chi connectivity index (χ3v) is 4.85. The second-order valence-corrected chi connectivity index (χ2v) is 7.56. The summed E-state index contributed by atoms with van der Waals surface area (Å²) in [4.78, 5) is 27.2. The standard InChI is InChI=1S/C27H40N2O4/c1-5-9-12-14-18-28-23-16-17-24(27(31)33-8-4)25(21-23)29(19-11-7-3)26(30)22-32-20-15-13-10-6-2/h5-6,11,16-17,19,21,28H,1-2,7-10,12-15,18,20,22H2,3-4H3. The maximum absolute atomic E-state index is 13.1. The number of amides is 1. The van der Waals surface area contributed by atoms with Gasteiger partial charge in [-0.3, -0.25) is 9.69 Å². The summed E-state index contributed by atoms with van der Waals surface area (Å²) in [7, 11) is 0. The van der Waals surface area contributed by atoms with Crippen molar-refractivity contribution in [3.63, 3.8) is 0 Å². The molecule has 6 nitrogen and oxygen atoms in total. The van der Waals surface area contributed by atoms with Gasteiger partial charge in [-0.05, 0) is 70.1 Å². The number of hydrogen-bond acceptors (Lipinski definition) is 5. The van der Waals surface area contributed by atoms with Gasteiger partial charge in [0.2, 0.25) is 0 Å². The quantitative estimate of drug-likeness (QED) is 0.160. The van der Waals surface area contributed by atoms with E-state index in [2.05, 4.69) is 18.5 Å². The van der Waals surface area contributed by atoms with Crippen LogP contribution in [0.1, 0.15) is 69.2 Å². The highest BCUT2D eigenvalue weighted by molar-refractivity contribution is 6.04. The molecule has 1 rings (SSSR count).